The molecule has 1 heterocycles. The molecule has 1 amide bonds. The van der Waals surface area contributed by atoms with E-state index in [4.69, 9.17) is 20.9 Å². The van der Waals surface area contributed by atoms with E-state index in [-0.39, 0.29) is 28.7 Å². The van der Waals surface area contributed by atoms with E-state index < -0.39 is 10.8 Å². The number of halogens is 1. The first kappa shape index (κ1) is 19.4. The number of nitro benzene ring substituents is 1. The number of ether oxygens (including phenoxy) is 1. The lowest BCUT2D eigenvalue weighted by atomic mass is 10.2. The minimum Gasteiger partial charge on any atom is -0.489 e. The predicted octanol–water partition coefficient (Wildman–Crippen LogP) is 4.68. The van der Waals surface area contributed by atoms with E-state index in [1.165, 1.54) is 12.1 Å². The molecule has 28 heavy (non-hydrogen) atoms. The molecule has 0 bridgehead atoms. The minimum atomic E-state index is -0.570. The number of nitro groups is 1. The molecule has 0 saturated carbocycles. The van der Waals surface area contributed by atoms with Crippen LogP contribution in [0.4, 0.5) is 11.4 Å². The highest BCUT2D eigenvalue weighted by Crippen LogP contribution is 2.27. The number of nitrogens with one attached hydrogen (secondary N) is 1. The number of aryl methyl sites for hydroxylation is 2. The summed E-state index contributed by atoms with van der Waals surface area (Å²) in [7, 11) is 0. The van der Waals surface area contributed by atoms with E-state index >= 15 is 0 Å². The zero-order chi connectivity index (χ0) is 20.3. The van der Waals surface area contributed by atoms with E-state index in [9.17, 15) is 14.9 Å². The van der Waals surface area contributed by atoms with Gasteiger partial charge in [-0.2, -0.15) is 0 Å². The quantitative estimate of drug-likeness (QED) is 0.474. The van der Waals surface area contributed by atoms with Gasteiger partial charge in [0.25, 0.3) is 11.6 Å². The smallest absolute Gasteiger partial charge is 0.278 e. The summed E-state index contributed by atoms with van der Waals surface area (Å²) in [4.78, 5) is 22.8. The lowest BCUT2D eigenvalue weighted by Gasteiger charge is -2.08. The maximum atomic E-state index is 12.6. The van der Waals surface area contributed by atoms with Gasteiger partial charge in [0, 0.05) is 12.1 Å². The van der Waals surface area contributed by atoms with Gasteiger partial charge in [0.2, 0.25) is 0 Å². The summed E-state index contributed by atoms with van der Waals surface area (Å²) in [5, 5.41) is 17.2. The summed E-state index contributed by atoms with van der Waals surface area (Å²) < 4.78 is 10.9. The Labute approximate surface area is 165 Å². The topological polar surface area (TPSA) is 108 Å². The third kappa shape index (κ3) is 4.29. The van der Waals surface area contributed by atoms with Gasteiger partial charge < -0.3 is 14.6 Å². The zero-order valence-corrected chi connectivity index (χ0v) is 15.8. The van der Waals surface area contributed by atoms with Crippen LogP contribution in [0.25, 0.3) is 0 Å². The van der Waals surface area contributed by atoms with Crippen molar-refractivity contribution >= 4 is 28.9 Å². The van der Waals surface area contributed by atoms with Crippen LogP contribution in [0.1, 0.15) is 27.4 Å². The van der Waals surface area contributed by atoms with Gasteiger partial charge in [0.1, 0.15) is 18.1 Å². The molecule has 1 aromatic heterocycles. The number of carbonyl (C=O) groups is 1. The fourth-order valence-corrected chi connectivity index (χ4v) is 2.72. The van der Waals surface area contributed by atoms with Crippen LogP contribution in [0, 0.1) is 24.0 Å². The number of hydrogen-bond donors (Lipinski definition) is 1. The number of carbonyl (C=O) groups excluding carboxylic acids is 1. The largest absolute Gasteiger partial charge is 0.489 e. The molecule has 1 N–H and O–H groups in total. The van der Waals surface area contributed by atoms with Crippen LogP contribution in [0.2, 0.25) is 5.02 Å². The summed E-state index contributed by atoms with van der Waals surface area (Å²) in [6.45, 7) is 3.72. The van der Waals surface area contributed by atoms with Gasteiger partial charge in [-0.25, -0.2) is 0 Å². The number of nitrogens with zero attached hydrogens (tertiary/aromatic N) is 2. The van der Waals surface area contributed by atoms with Crippen LogP contribution in [-0.4, -0.2) is 16.0 Å². The van der Waals surface area contributed by atoms with Crippen molar-refractivity contribution in [2.24, 2.45) is 0 Å². The van der Waals surface area contributed by atoms with E-state index in [1.54, 1.807) is 6.92 Å². The molecular weight excluding hydrogens is 386 g/mol. The number of aromatic nitrogens is 1. The van der Waals surface area contributed by atoms with Crippen LogP contribution >= 0.6 is 11.6 Å². The number of benzene rings is 2. The SMILES string of the molecule is Cc1cccc(OCc2c(C(=O)Nc3ccc([N+](=O)[O-])cc3Cl)noc2C)c1. The van der Waals surface area contributed by atoms with Crippen LogP contribution in [0.3, 0.4) is 0 Å². The Kier molecular flexibility index (Phi) is 5.60. The maximum Gasteiger partial charge on any atom is 0.278 e. The van der Waals surface area contributed by atoms with Crippen molar-refractivity contribution in [1.29, 1.82) is 0 Å². The first-order chi connectivity index (χ1) is 13.3. The van der Waals surface area contributed by atoms with Crippen molar-refractivity contribution < 1.29 is 19.0 Å². The highest BCUT2D eigenvalue weighted by atomic mass is 35.5. The molecule has 8 nitrogen and oxygen atoms in total. The molecule has 2 aromatic carbocycles. The van der Waals surface area contributed by atoms with E-state index in [0.29, 0.717) is 17.1 Å². The van der Waals surface area contributed by atoms with Crippen molar-refractivity contribution in [3.63, 3.8) is 0 Å². The van der Waals surface area contributed by atoms with Crippen molar-refractivity contribution in [2.75, 3.05) is 5.32 Å². The summed E-state index contributed by atoms with van der Waals surface area (Å²) in [5.41, 5.74) is 1.65. The maximum absolute atomic E-state index is 12.6. The fraction of sp³-hybridized carbons (Fsp3) is 0.158. The lowest BCUT2D eigenvalue weighted by molar-refractivity contribution is -0.384. The second kappa shape index (κ2) is 8.10. The molecule has 0 saturated heterocycles. The Hall–Kier alpha value is -3.39. The molecule has 0 aliphatic rings. The van der Waals surface area contributed by atoms with Crippen LogP contribution in [-0.2, 0) is 6.61 Å². The van der Waals surface area contributed by atoms with Gasteiger partial charge >= 0.3 is 0 Å². The minimum absolute atomic E-state index is 0.0420. The third-order valence-electron chi connectivity index (χ3n) is 3.98. The van der Waals surface area contributed by atoms with E-state index in [0.717, 1.165) is 11.6 Å². The number of non-ortho nitro benzene ring substituents is 1. The van der Waals surface area contributed by atoms with Crippen LogP contribution in [0.5, 0.6) is 5.75 Å². The monoisotopic (exact) mass is 401 g/mol. The molecule has 0 aliphatic carbocycles. The van der Waals surface area contributed by atoms with Crippen LogP contribution < -0.4 is 10.1 Å². The Morgan fingerprint density at radius 3 is 2.75 bits per heavy atom. The van der Waals surface area contributed by atoms with E-state index in [2.05, 4.69) is 10.5 Å². The molecule has 0 unspecified atom stereocenters. The molecule has 0 atom stereocenters. The van der Waals surface area contributed by atoms with Crippen molar-refractivity contribution in [2.45, 2.75) is 20.5 Å². The molecule has 0 spiro atoms. The summed E-state index contributed by atoms with van der Waals surface area (Å²) in [6.07, 6.45) is 0. The van der Waals surface area contributed by atoms with Gasteiger partial charge in [0.05, 0.1) is 21.2 Å². The predicted molar refractivity (Wildman–Crippen MR) is 103 cm³/mol. The summed E-state index contributed by atoms with van der Waals surface area (Å²) >= 11 is 6.02. The third-order valence-corrected chi connectivity index (χ3v) is 4.30. The summed E-state index contributed by atoms with van der Waals surface area (Å²) in [5.74, 6) is 0.549. The Bertz CT molecular complexity index is 1050. The average Bonchev–Trinajstić information content (AvgIpc) is 3.02. The van der Waals surface area contributed by atoms with Crippen molar-refractivity contribution in [3.05, 3.63) is 80.2 Å². The fourth-order valence-electron chi connectivity index (χ4n) is 2.50. The molecule has 9 heteroatoms. The number of amides is 1. The Morgan fingerprint density at radius 2 is 2.07 bits per heavy atom. The van der Waals surface area contributed by atoms with E-state index in [1.807, 2.05) is 31.2 Å². The lowest BCUT2D eigenvalue weighted by Crippen LogP contribution is -2.15. The molecule has 0 aliphatic heterocycles. The first-order valence-electron chi connectivity index (χ1n) is 8.25. The van der Waals surface area contributed by atoms with Gasteiger partial charge in [-0.1, -0.05) is 28.9 Å². The Morgan fingerprint density at radius 1 is 1.29 bits per heavy atom. The number of rotatable bonds is 6. The highest BCUT2D eigenvalue weighted by molar-refractivity contribution is 6.34. The van der Waals surface area contributed by atoms with Crippen LogP contribution in [0.15, 0.2) is 47.0 Å². The standard InChI is InChI=1S/C19H16ClN3O5/c1-11-4-3-5-14(8-11)27-10-15-12(2)28-22-18(15)19(24)21-17-7-6-13(23(25)26)9-16(17)20/h3-9H,10H2,1-2H3,(H,21,24). The molecule has 0 radical (unpaired) electrons. The zero-order valence-electron chi connectivity index (χ0n) is 15.1. The van der Waals surface area contributed by atoms with Gasteiger partial charge in [-0.15, -0.1) is 0 Å². The van der Waals surface area contributed by atoms with Gasteiger partial charge in [-0.05, 0) is 37.6 Å². The molecular formula is C19H16ClN3O5. The molecule has 3 aromatic rings. The molecule has 3 rings (SSSR count). The van der Waals surface area contributed by atoms with Gasteiger partial charge in [0.15, 0.2) is 5.69 Å². The van der Waals surface area contributed by atoms with Crippen molar-refractivity contribution in [3.8, 4) is 5.75 Å². The van der Waals surface area contributed by atoms with Crippen molar-refractivity contribution in [1.82, 2.24) is 5.16 Å². The second-order valence-corrected chi connectivity index (χ2v) is 6.45. The average molecular weight is 402 g/mol. The highest BCUT2D eigenvalue weighted by Gasteiger charge is 2.22. The summed E-state index contributed by atoms with van der Waals surface area (Å²) in [6, 6.07) is 11.3. The number of anilines is 1. The second-order valence-electron chi connectivity index (χ2n) is 6.05. The molecule has 144 valence electrons. The Balaban J connectivity index is 1.77. The normalized spacial score (nSPS) is 10.5. The van der Waals surface area contributed by atoms with Gasteiger partial charge in [-0.3, -0.25) is 14.9 Å². The number of hydrogen-bond acceptors (Lipinski definition) is 6. The first-order valence-corrected chi connectivity index (χ1v) is 8.63. The molecule has 0 fully saturated rings.